The normalized spacial score (nSPS) is 16.4. The van der Waals surface area contributed by atoms with Gasteiger partial charge in [0.05, 0.1) is 19.6 Å². The van der Waals surface area contributed by atoms with E-state index in [2.05, 4.69) is 10.6 Å². The Morgan fingerprint density at radius 3 is 2.50 bits per heavy atom. The molecule has 0 aromatic heterocycles. The molecule has 32 heavy (non-hydrogen) atoms. The van der Waals surface area contributed by atoms with Gasteiger partial charge in [-0.2, -0.15) is 0 Å². The van der Waals surface area contributed by atoms with Gasteiger partial charge in [-0.1, -0.05) is 30.3 Å². The van der Waals surface area contributed by atoms with E-state index in [1.165, 1.54) is 31.3 Å². The third kappa shape index (κ3) is 5.31. The number of benzene rings is 2. The minimum atomic E-state index is -1.37. The minimum Gasteiger partial charge on any atom is -0.497 e. The highest BCUT2D eigenvalue weighted by molar-refractivity contribution is 6.14. The largest absolute Gasteiger partial charge is 0.497 e. The molecule has 9 nitrogen and oxygen atoms in total. The zero-order chi connectivity index (χ0) is 23.3. The number of nitrogens with one attached hydrogen (secondary N) is 2. The number of ketones is 1. The van der Waals surface area contributed by atoms with Crippen LogP contribution in [-0.4, -0.2) is 53.9 Å². The van der Waals surface area contributed by atoms with Crippen molar-refractivity contribution in [2.24, 2.45) is 0 Å². The van der Waals surface area contributed by atoms with Crippen molar-refractivity contribution in [3.63, 3.8) is 0 Å². The lowest BCUT2D eigenvalue weighted by Gasteiger charge is -2.25. The maximum atomic E-state index is 12.6. The SMILES string of the molecule is COc1cc(-c2ccccc2)cc(C(CC(=O)O)NC(=O)NC2C(=O)C=CN(C)C2=O)c1. The summed E-state index contributed by atoms with van der Waals surface area (Å²) in [7, 11) is 2.96. The number of carbonyl (C=O) groups excluding carboxylic acids is 3. The van der Waals surface area contributed by atoms with E-state index in [0.717, 1.165) is 11.1 Å². The molecule has 2 atom stereocenters. The molecule has 0 aliphatic carbocycles. The number of rotatable bonds is 7. The number of carboxylic acid groups (broad SMARTS) is 1. The molecule has 2 aromatic rings. The molecular formula is C23H23N3O6. The number of hydrogen-bond acceptors (Lipinski definition) is 5. The summed E-state index contributed by atoms with van der Waals surface area (Å²) in [5.41, 5.74) is 2.17. The fourth-order valence-electron chi connectivity index (χ4n) is 3.31. The van der Waals surface area contributed by atoms with Crippen LogP contribution in [0.1, 0.15) is 18.0 Å². The van der Waals surface area contributed by atoms with Gasteiger partial charge in [0, 0.05) is 19.3 Å². The number of likely N-dealkylation sites (N-methyl/N-ethyl adjacent to an activating group) is 1. The summed E-state index contributed by atoms with van der Waals surface area (Å²) in [6, 6.07) is 11.5. The van der Waals surface area contributed by atoms with E-state index in [-0.39, 0.29) is 0 Å². The number of hydrogen-bond donors (Lipinski definition) is 3. The van der Waals surface area contributed by atoms with Crippen molar-refractivity contribution < 1.29 is 29.0 Å². The van der Waals surface area contributed by atoms with Crippen LogP contribution in [0.15, 0.2) is 60.8 Å². The van der Waals surface area contributed by atoms with Crippen molar-refractivity contribution >= 4 is 23.7 Å². The maximum absolute atomic E-state index is 12.6. The van der Waals surface area contributed by atoms with Crippen LogP contribution in [0.5, 0.6) is 5.75 Å². The van der Waals surface area contributed by atoms with E-state index in [4.69, 9.17) is 4.74 Å². The number of amides is 3. The van der Waals surface area contributed by atoms with Gasteiger partial charge in [0.25, 0.3) is 5.91 Å². The van der Waals surface area contributed by atoms with Crippen LogP contribution in [-0.2, 0) is 14.4 Å². The number of carboxylic acids is 1. The van der Waals surface area contributed by atoms with Gasteiger partial charge in [0.15, 0.2) is 11.8 Å². The smallest absolute Gasteiger partial charge is 0.316 e. The monoisotopic (exact) mass is 437 g/mol. The molecule has 1 heterocycles. The molecule has 9 heteroatoms. The quantitative estimate of drug-likeness (QED) is 0.570. The maximum Gasteiger partial charge on any atom is 0.316 e. The molecule has 3 rings (SSSR count). The summed E-state index contributed by atoms with van der Waals surface area (Å²) < 4.78 is 5.36. The summed E-state index contributed by atoms with van der Waals surface area (Å²) in [5, 5.41) is 14.3. The van der Waals surface area contributed by atoms with Crippen LogP contribution in [0, 0.1) is 0 Å². The molecule has 0 saturated carbocycles. The Balaban J connectivity index is 1.87. The Kier molecular flexibility index (Phi) is 6.89. The Morgan fingerprint density at radius 2 is 1.84 bits per heavy atom. The second-order valence-electron chi connectivity index (χ2n) is 7.23. The Bertz CT molecular complexity index is 1070. The Hall–Kier alpha value is -4.14. The van der Waals surface area contributed by atoms with Crippen LogP contribution >= 0.6 is 0 Å². The summed E-state index contributed by atoms with van der Waals surface area (Å²) in [6.45, 7) is 0. The predicted octanol–water partition coefficient (Wildman–Crippen LogP) is 2.10. The lowest BCUT2D eigenvalue weighted by atomic mass is 9.97. The van der Waals surface area contributed by atoms with Gasteiger partial charge in [-0.25, -0.2) is 4.79 Å². The molecule has 2 aromatic carbocycles. The van der Waals surface area contributed by atoms with Crippen molar-refractivity contribution in [1.29, 1.82) is 0 Å². The van der Waals surface area contributed by atoms with Crippen LogP contribution < -0.4 is 15.4 Å². The summed E-state index contributed by atoms with van der Waals surface area (Å²) in [4.78, 5) is 49.5. The first-order valence-electron chi connectivity index (χ1n) is 9.80. The lowest BCUT2D eigenvalue weighted by Crippen LogP contribution is -2.55. The number of nitrogens with zero attached hydrogens (tertiary/aromatic N) is 1. The van der Waals surface area contributed by atoms with E-state index in [0.29, 0.717) is 11.3 Å². The second-order valence-corrected chi connectivity index (χ2v) is 7.23. The molecular weight excluding hydrogens is 414 g/mol. The van der Waals surface area contributed by atoms with Gasteiger partial charge >= 0.3 is 12.0 Å². The van der Waals surface area contributed by atoms with E-state index in [9.17, 15) is 24.3 Å². The van der Waals surface area contributed by atoms with E-state index in [1.54, 1.807) is 18.2 Å². The molecule has 0 fully saturated rings. The fraction of sp³-hybridized carbons (Fsp3) is 0.217. The number of ether oxygens (including phenoxy) is 1. The van der Waals surface area contributed by atoms with Crippen molar-refractivity contribution in [3.8, 4) is 16.9 Å². The molecule has 0 radical (unpaired) electrons. The number of carbonyl (C=O) groups is 4. The van der Waals surface area contributed by atoms with Crippen LogP contribution in [0.3, 0.4) is 0 Å². The van der Waals surface area contributed by atoms with Crippen molar-refractivity contribution in [2.75, 3.05) is 14.2 Å². The average Bonchev–Trinajstić information content (AvgIpc) is 2.78. The first kappa shape index (κ1) is 22.5. The van der Waals surface area contributed by atoms with Crippen molar-refractivity contribution in [3.05, 3.63) is 66.4 Å². The van der Waals surface area contributed by atoms with Gasteiger partial charge in [-0.05, 0) is 34.9 Å². The Morgan fingerprint density at radius 1 is 1.12 bits per heavy atom. The molecule has 3 N–H and O–H groups in total. The highest BCUT2D eigenvalue weighted by Gasteiger charge is 2.32. The van der Waals surface area contributed by atoms with Gasteiger partial charge < -0.3 is 25.4 Å². The zero-order valence-corrected chi connectivity index (χ0v) is 17.6. The predicted molar refractivity (Wildman–Crippen MR) is 116 cm³/mol. The van der Waals surface area contributed by atoms with Crippen LogP contribution in [0.4, 0.5) is 4.79 Å². The van der Waals surface area contributed by atoms with Crippen LogP contribution in [0.25, 0.3) is 11.1 Å². The first-order valence-corrected chi connectivity index (χ1v) is 9.80. The Labute approximate surface area is 184 Å². The van der Waals surface area contributed by atoms with Crippen molar-refractivity contribution in [1.82, 2.24) is 15.5 Å². The molecule has 166 valence electrons. The molecule has 0 saturated heterocycles. The molecule has 3 amide bonds. The molecule has 1 aliphatic heterocycles. The van der Waals surface area contributed by atoms with Crippen LogP contribution in [0.2, 0.25) is 0 Å². The topological polar surface area (TPSA) is 125 Å². The van der Waals surface area contributed by atoms with Crippen molar-refractivity contribution in [2.45, 2.75) is 18.5 Å². The van der Waals surface area contributed by atoms with E-state index in [1.807, 2.05) is 30.3 Å². The lowest BCUT2D eigenvalue weighted by molar-refractivity contribution is -0.138. The van der Waals surface area contributed by atoms with Gasteiger partial charge in [0.1, 0.15) is 5.75 Å². The number of aliphatic carboxylic acids is 1. The number of urea groups is 1. The summed E-state index contributed by atoms with van der Waals surface area (Å²) in [6.07, 6.45) is 2.09. The average molecular weight is 437 g/mol. The van der Waals surface area contributed by atoms with E-state index >= 15 is 0 Å². The third-order valence-corrected chi connectivity index (χ3v) is 4.98. The van der Waals surface area contributed by atoms with Gasteiger partial charge in [-0.3, -0.25) is 14.4 Å². The highest BCUT2D eigenvalue weighted by atomic mass is 16.5. The third-order valence-electron chi connectivity index (χ3n) is 4.98. The molecule has 0 bridgehead atoms. The standard InChI is InChI=1S/C23H23N3O6/c1-26-9-8-19(27)21(22(26)30)25-23(31)24-18(13-20(28)29)16-10-15(11-17(12-16)32-2)14-6-4-3-5-7-14/h3-12,18,21H,13H2,1-2H3,(H,28,29)(H2,24,25,31). The minimum absolute atomic E-state index is 0.415. The van der Waals surface area contributed by atoms with E-state index < -0.39 is 42.2 Å². The highest BCUT2D eigenvalue weighted by Crippen LogP contribution is 2.30. The molecule has 1 aliphatic rings. The summed E-state index contributed by atoms with van der Waals surface area (Å²) >= 11 is 0. The molecule has 2 unspecified atom stereocenters. The molecule has 0 spiro atoms. The second kappa shape index (κ2) is 9.78. The number of methoxy groups -OCH3 is 1. The van der Waals surface area contributed by atoms with Gasteiger partial charge in [-0.15, -0.1) is 0 Å². The summed E-state index contributed by atoms with van der Waals surface area (Å²) in [5.74, 6) is -1.80. The zero-order valence-electron chi connectivity index (χ0n) is 17.6. The van der Waals surface area contributed by atoms with Gasteiger partial charge in [0.2, 0.25) is 0 Å². The fourth-order valence-corrected chi connectivity index (χ4v) is 3.31. The first-order chi connectivity index (χ1) is 15.3.